The average molecular weight is 337 g/mol. The van der Waals surface area contributed by atoms with Crippen molar-refractivity contribution >= 4 is 11.5 Å². The molecule has 0 bridgehead atoms. The molecule has 1 aromatic carbocycles. The van der Waals surface area contributed by atoms with E-state index >= 15 is 0 Å². The Morgan fingerprint density at radius 3 is 2.64 bits per heavy atom. The Bertz CT molecular complexity index is 887. The lowest BCUT2D eigenvalue weighted by Crippen LogP contribution is -2.37. The number of nitrogens with zero attached hydrogens (tertiary/aromatic N) is 2. The number of dihydropyridines is 1. The predicted octanol–water partition coefficient (Wildman–Crippen LogP) is 3.72. The molecule has 3 rings (SSSR count). The summed E-state index contributed by atoms with van der Waals surface area (Å²) in [6.45, 7) is 5.82. The van der Waals surface area contributed by atoms with Gasteiger partial charge >= 0.3 is 0 Å². The van der Waals surface area contributed by atoms with E-state index in [-0.39, 0.29) is 16.9 Å². The molecule has 6 nitrogen and oxygen atoms in total. The zero-order valence-corrected chi connectivity index (χ0v) is 14.4. The number of benzene rings is 1. The summed E-state index contributed by atoms with van der Waals surface area (Å²) in [4.78, 5) is 23.9. The largest absolute Gasteiger partial charge is 0.361 e. The number of allylic oxidation sites excluding steroid dienone is 4. The number of Topliss-reactive ketones (excluding diaryl/α,β-unsaturated/α-hetero) is 1. The van der Waals surface area contributed by atoms with Crippen LogP contribution in [0, 0.1) is 26.9 Å². The minimum absolute atomic E-state index is 0.0536. The highest BCUT2D eigenvalue weighted by atomic mass is 16.6. The standard InChI is InChI=1S/C19H19N3O3/c1-11-13(10-20)17(12-6-4-5-7-15(12)22(24)25)18-14(21-11)8-19(2,3)9-16(18)23/h4-7,17,21H,8-9H2,1-3H3/t17-/m1/s1. The minimum atomic E-state index is -0.688. The number of carbonyl (C=O) groups excluding carboxylic acids is 1. The van der Waals surface area contributed by atoms with E-state index in [1.807, 2.05) is 13.8 Å². The van der Waals surface area contributed by atoms with Crippen molar-refractivity contribution in [3.8, 4) is 6.07 Å². The predicted molar refractivity (Wildman–Crippen MR) is 92.3 cm³/mol. The molecule has 0 amide bonds. The van der Waals surface area contributed by atoms with Crippen LogP contribution in [0.4, 0.5) is 5.69 Å². The van der Waals surface area contributed by atoms with Crippen molar-refractivity contribution in [2.75, 3.05) is 0 Å². The van der Waals surface area contributed by atoms with Crippen molar-refractivity contribution in [2.45, 2.75) is 39.5 Å². The fourth-order valence-electron chi connectivity index (χ4n) is 3.79. The summed E-state index contributed by atoms with van der Waals surface area (Å²) in [5.41, 5.74) is 2.43. The van der Waals surface area contributed by atoms with E-state index in [2.05, 4.69) is 11.4 Å². The topological polar surface area (TPSA) is 96.0 Å². The summed E-state index contributed by atoms with van der Waals surface area (Å²) in [7, 11) is 0. The summed E-state index contributed by atoms with van der Waals surface area (Å²) in [5.74, 6) is -0.742. The van der Waals surface area contributed by atoms with Crippen molar-refractivity contribution in [2.24, 2.45) is 5.41 Å². The molecule has 1 heterocycles. The van der Waals surface area contributed by atoms with E-state index in [4.69, 9.17) is 0 Å². The van der Waals surface area contributed by atoms with Crippen molar-refractivity contribution in [1.29, 1.82) is 5.26 Å². The van der Waals surface area contributed by atoms with Crippen LogP contribution < -0.4 is 5.32 Å². The first-order chi connectivity index (χ1) is 11.7. The van der Waals surface area contributed by atoms with E-state index in [0.29, 0.717) is 35.2 Å². The Morgan fingerprint density at radius 2 is 2.00 bits per heavy atom. The number of ketones is 1. The average Bonchev–Trinajstić information content (AvgIpc) is 2.52. The molecule has 0 saturated heterocycles. The summed E-state index contributed by atoms with van der Waals surface area (Å²) in [6.07, 6.45) is 1.03. The van der Waals surface area contributed by atoms with Crippen LogP contribution in [0.15, 0.2) is 46.8 Å². The Labute approximate surface area is 146 Å². The van der Waals surface area contributed by atoms with Crippen molar-refractivity contribution < 1.29 is 9.72 Å². The van der Waals surface area contributed by atoms with Crippen LogP contribution in [0.3, 0.4) is 0 Å². The normalized spacial score (nSPS) is 22.2. The molecule has 0 radical (unpaired) electrons. The first kappa shape index (κ1) is 16.9. The van der Waals surface area contributed by atoms with Gasteiger partial charge in [-0.2, -0.15) is 5.26 Å². The molecule has 1 N–H and O–H groups in total. The van der Waals surface area contributed by atoms with Gasteiger partial charge in [-0.25, -0.2) is 0 Å². The van der Waals surface area contributed by atoms with Crippen LogP contribution in [-0.2, 0) is 4.79 Å². The van der Waals surface area contributed by atoms with Gasteiger partial charge in [-0.1, -0.05) is 32.0 Å². The van der Waals surface area contributed by atoms with Gasteiger partial charge < -0.3 is 5.32 Å². The van der Waals surface area contributed by atoms with Crippen LogP contribution in [0.25, 0.3) is 0 Å². The van der Waals surface area contributed by atoms with Crippen LogP contribution >= 0.6 is 0 Å². The Kier molecular flexibility index (Phi) is 3.96. The molecule has 0 fully saturated rings. The SMILES string of the molecule is CC1=C(C#N)[C@@H](c2ccccc2[N+](=O)[O-])C2=C(CC(C)(C)CC2=O)N1. The lowest BCUT2D eigenvalue weighted by molar-refractivity contribution is -0.385. The summed E-state index contributed by atoms with van der Waals surface area (Å²) >= 11 is 0. The molecule has 0 saturated carbocycles. The Morgan fingerprint density at radius 1 is 1.32 bits per heavy atom. The third-order valence-electron chi connectivity index (χ3n) is 4.80. The smallest absolute Gasteiger partial charge is 0.273 e. The van der Waals surface area contributed by atoms with Crippen molar-refractivity contribution in [1.82, 2.24) is 5.32 Å². The minimum Gasteiger partial charge on any atom is -0.361 e. The molecule has 1 aliphatic carbocycles. The molecule has 1 atom stereocenters. The quantitative estimate of drug-likeness (QED) is 0.655. The molecule has 2 aliphatic rings. The molecule has 1 aromatic rings. The van der Waals surface area contributed by atoms with E-state index in [1.54, 1.807) is 25.1 Å². The summed E-state index contributed by atoms with van der Waals surface area (Å²) in [6, 6.07) is 8.49. The molecule has 6 heteroatoms. The number of hydrogen-bond donors (Lipinski definition) is 1. The van der Waals surface area contributed by atoms with Gasteiger partial charge in [0.25, 0.3) is 5.69 Å². The highest BCUT2D eigenvalue weighted by Crippen LogP contribution is 2.47. The number of rotatable bonds is 2. The lowest BCUT2D eigenvalue weighted by Gasteiger charge is -2.38. The van der Waals surface area contributed by atoms with E-state index in [9.17, 15) is 20.2 Å². The molecule has 0 aromatic heterocycles. The fourth-order valence-corrected chi connectivity index (χ4v) is 3.79. The zero-order chi connectivity index (χ0) is 18.4. The lowest BCUT2D eigenvalue weighted by atomic mass is 9.68. The van der Waals surface area contributed by atoms with E-state index < -0.39 is 10.8 Å². The maximum Gasteiger partial charge on any atom is 0.273 e. The fraction of sp³-hybridized carbons (Fsp3) is 0.368. The highest BCUT2D eigenvalue weighted by molar-refractivity contribution is 6.00. The molecular weight excluding hydrogens is 318 g/mol. The number of hydrogen-bond acceptors (Lipinski definition) is 5. The third-order valence-corrected chi connectivity index (χ3v) is 4.80. The maximum atomic E-state index is 12.9. The molecule has 128 valence electrons. The second-order valence-electron chi connectivity index (χ2n) is 7.36. The summed E-state index contributed by atoms with van der Waals surface area (Å²) in [5, 5.41) is 24.3. The molecular formula is C19H19N3O3. The van der Waals surface area contributed by atoms with Gasteiger partial charge in [0.15, 0.2) is 5.78 Å². The van der Waals surface area contributed by atoms with Crippen LogP contribution in [-0.4, -0.2) is 10.7 Å². The third kappa shape index (κ3) is 2.82. The number of nitrogens with one attached hydrogen (secondary N) is 1. The molecule has 0 unspecified atom stereocenters. The van der Waals surface area contributed by atoms with Gasteiger partial charge in [-0.15, -0.1) is 0 Å². The van der Waals surface area contributed by atoms with Gasteiger partial charge in [-0.3, -0.25) is 14.9 Å². The van der Waals surface area contributed by atoms with Crippen molar-refractivity contribution in [3.63, 3.8) is 0 Å². The van der Waals surface area contributed by atoms with E-state index in [1.165, 1.54) is 6.07 Å². The van der Waals surface area contributed by atoms with Crippen LogP contribution in [0.1, 0.15) is 45.1 Å². The zero-order valence-electron chi connectivity index (χ0n) is 14.4. The van der Waals surface area contributed by atoms with Gasteiger partial charge in [0.05, 0.1) is 22.5 Å². The first-order valence-corrected chi connectivity index (χ1v) is 8.12. The Balaban J connectivity index is 2.26. The number of nitro benzene ring substituents is 1. The van der Waals surface area contributed by atoms with Gasteiger partial charge in [0.1, 0.15) is 0 Å². The molecule has 0 spiro atoms. The van der Waals surface area contributed by atoms with E-state index in [0.717, 1.165) is 5.70 Å². The summed E-state index contributed by atoms with van der Waals surface area (Å²) < 4.78 is 0. The molecule has 25 heavy (non-hydrogen) atoms. The molecule has 1 aliphatic heterocycles. The van der Waals surface area contributed by atoms with Gasteiger partial charge in [-0.05, 0) is 18.8 Å². The first-order valence-electron chi connectivity index (χ1n) is 8.12. The monoisotopic (exact) mass is 337 g/mol. The second-order valence-corrected chi connectivity index (χ2v) is 7.36. The number of carbonyl (C=O) groups is 1. The Hall–Kier alpha value is -2.94. The van der Waals surface area contributed by atoms with Crippen LogP contribution in [0.2, 0.25) is 0 Å². The number of para-hydroxylation sites is 1. The number of nitro groups is 1. The van der Waals surface area contributed by atoms with Gasteiger partial charge in [0.2, 0.25) is 0 Å². The van der Waals surface area contributed by atoms with Crippen LogP contribution in [0.5, 0.6) is 0 Å². The van der Waals surface area contributed by atoms with Gasteiger partial charge in [0, 0.05) is 35.0 Å². The number of nitriles is 1. The highest BCUT2D eigenvalue weighted by Gasteiger charge is 2.42. The second kappa shape index (κ2) is 5.85. The van der Waals surface area contributed by atoms with Crippen molar-refractivity contribution in [3.05, 3.63) is 62.5 Å². The maximum absolute atomic E-state index is 12.9.